The number of imide groups is 1. The van der Waals surface area contributed by atoms with E-state index in [0.717, 1.165) is 18.4 Å². The van der Waals surface area contributed by atoms with E-state index in [2.05, 4.69) is 24.4 Å². The van der Waals surface area contributed by atoms with Crippen LogP contribution in [0.25, 0.3) is 0 Å². The van der Waals surface area contributed by atoms with Gasteiger partial charge >= 0.3 is 6.03 Å². The Kier molecular flexibility index (Phi) is 6.51. The molecular formula is C19H24N3O2+. The van der Waals surface area contributed by atoms with Crippen molar-refractivity contribution < 1.29 is 14.9 Å². The van der Waals surface area contributed by atoms with Crippen LogP contribution in [-0.2, 0) is 11.2 Å². The molecule has 2 aromatic rings. The van der Waals surface area contributed by atoms with Crippen molar-refractivity contribution in [2.75, 3.05) is 0 Å². The van der Waals surface area contributed by atoms with Crippen molar-refractivity contribution in [3.8, 4) is 0 Å². The highest BCUT2D eigenvalue weighted by Crippen LogP contribution is 2.10. The van der Waals surface area contributed by atoms with Gasteiger partial charge in [-0.25, -0.2) is 4.79 Å². The molecule has 0 heterocycles. The molecule has 0 radical (unpaired) electrons. The molecule has 0 saturated carbocycles. The number of rotatable bonds is 7. The summed E-state index contributed by atoms with van der Waals surface area (Å²) < 4.78 is 0. The molecule has 0 saturated heterocycles. The van der Waals surface area contributed by atoms with Crippen LogP contribution in [0.1, 0.15) is 30.5 Å². The maximum Gasteiger partial charge on any atom is 0.319 e. The maximum atomic E-state index is 12.3. The largest absolute Gasteiger partial charge is 0.351 e. The predicted molar refractivity (Wildman–Crippen MR) is 93.1 cm³/mol. The minimum Gasteiger partial charge on any atom is -0.351 e. The molecule has 126 valence electrons. The number of carbonyl (C=O) groups is 2. The van der Waals surface area contributed by atoms with Crippen molar-refractivity contribution in [1.29, 1.82) is 0 Å². The van der Waals surface area contributed by atoms with Crippen LogP contribution in [0.4, 0.5) is 4.79 Å². The Morgan fingerprint density at radius 2 is 1.62 bits per heavy atom. The Labute approximate surface area is 142 Å². The third kappa shape index (κ3) is 5.52. The lowest BCUT2D eigenvalue weighted by Crippen LogP contribution is -2.92. The zero-order valence-corrected chi connectivity index (χ0v) is 13.8. The summed E-state index contributed by atoms with van der Waals surface area (Å²) in [5.74, 6) is -0.389. The van der Waals surface area contributed by atoms with Crippen LogP contribution in [0.3, 0.4) is 0 Å². The van der Waals surface area contributed by atoms with E-state index in [1.807, 2.05) is 53.8 Å². The monoisotopic (exact) mass is 326 g/mol. The van der Waals surface area contributed by atoms with E-state index < -0.39 is 12.1 Å². The average molecular weight is 326 g/mol. The SMILES string of the molecule is C[C@@H](CCc1ccccc1)[NH2+][C@H](C(=O)NC(N)=O)c1ccccc1. The summed E-state index contributed by atoms with van der Waals surface area (Å²) in [5, 5.41) is 4.17. The van der Waals surface area contributed by atoms with Crippen molar-refractivity contribution >= 4 is 11.9 Å². The molecule has 2 atom stereocenters. The first-order chi connectivity index (χ1) is 11.6. The zero-order valence-electron chi connectivity index (χ0n) is 13.8. The molecule has 0 aromatic heterocycles. The zero-order chi connectivity index (χ0) is 17.4. The van der Waals surface area contributed by atoms with E-state index in [4.69, 9.17) is 5.73 Å². The standard InChI is InChI=1S/C19H23N3O2/c1-14(12-13-15-8-4-2-5-9-15)21-17(18(23)22-19(20)24)16-10-6-3-7-11-16/h2-11,14,17,21H,12-13H2,1H3,(H3,20,22,23,24)/p+1/t14-,17-/m0/s1. The minimum atomic E-state index is -0.828. The Bertz CT molecular complexity index is 659. The molecule has 0 aliphatic rings. The van der Waals surface area contributed by atoms with Crippen molar-refractivity contribution in [1.82, 2.24) is 5.32 Å². The number of amides is 3. The molecule has 3 amide bonds. The maximum absolute atomic E-state index is 12.3. The average Bonchev–Trinajstić information content (AvgIpc) is 2.59. The van der Waals surface area contributed by atoms with Crippen LogP contribution in [0.2, 0.25) is 0 Å². The molecule has 0 bridgehead atoms. The number of benzene rings is 2. The highest BCUT2D eigenvalue weighted by Gasteiger charge is 2.27. The molecule has 2 rings (SSSR count). The number of hydrogen-bond acceptors (Lipinski definition) is 2. The van der Waals surface area contributed by atoms with Gasteiger partial charge in [-0.2, -0.15) is 0 Å². The topological polar surface area (TPSA) is 88.8 Å². The van der Waals surface area contributed by atoms with Gasteiger partial charge in [0.2, 0.25) is 0 Å². The summed E-state index contributed by atoms with van der Waals surface area (Å²) in [6.45, 7) is 2.08. The van der Waals surface area contributed by atoms with Crippen LogP contribution in [0.5, 0.6) is 0 Å². The number of aryl methyl sites for hydroxylation is 1. The fourth-order valence-electron chi connectivity index (χ4n) is 2.67. The van der Waals surface area contributed by atoms with E-state index in [1.54, 1.807) is 0 Å². The van der Waals surface area contributed by atoms with Gasteiger partial charge in [0.1, 0.15) is 0 Å². The fraction of sp³-hybridized carbons (Fsp3) is 0.263. The third-order valence-corrected chi connectivity index (χ3v) is 3.94. The number of nitrogens with one attached hydrogen (secondary N) is 1. The normalized spacial score (nSPS) is 13.0. The Balaban J connectivity index is 2.01. The third-order valence-electron chi connectivity index (χ3n) is 3.94. The van der Waals surface area contributed by atoms with Gasteiger partial charge in [-0.15, -0.1) is 0 Å². The first-order valence-electron chi connectivity index (χ1n) is 8.10. The van der Waals surface area contributed by atoms with Crippen LogP contribution < -0.4 is 16.4 Å². The summed E-state index contributed by atoms with van der Waals surface area (Å²) in [4.78, 5) is 23.3. The van der Waals surface area contributed by atoms with Gasteiger partial charge in [-0.3, -0.25) is 10.1 Å². The lowest BCUT2D eigenvalue weighted by atomic mass is 10.0. The van der Waals surface area contributed by atoms with Gasteiger partial charge < -0.3 is 11.1 Å². The van der Waals surface area contributed by atoms with Crippen molar-refractivity contribution in [3.63, 3.8) is 0 Å². The number of quaternary nitrogens is 1. The molecular weight excluding hydrogens is 302 g/mol. The van der Waals surface area contributed by atoms with Crippen LogP contribution in [0.15, 0.2) is 60.7 Å². The summed E-state index contributed by atoms with van der Waals surface area (Å²) >= 11 is 0. The molecule has 0 spiro atoms. The number of carbonyl (C=O) groups excluding carboxylic acids is 2. The van der Waals surface area contributed by atoms with Crippen molar-refractivity contribution in [2.45, 2.75) is 31.8 Å². The summed E-state index contributed by atoms with van der Waals surface area (Å²) in [6, 6.07) is 18.5. The molecule has 2 aromatic carbocycles. The van der Waals surface area contributed by atoms with E-state index >= 15 is 0 Å². The molecule has 5 heteroatoms. The second kappa shape index (κ2) is 8.84. The smallest absolute Gasteiger partial charge is 0.319 e. The quantitative estimate of drug-likeness (QED) is 0.720. The highest BCUT2D eigenvalue weighted by molar-refractivity contribution is 5.96. The molecule has 24 heavy (non-hydrogen) atoms. The first kappa shape index (κ1) is 17.7. The molecule has 0 aliphatic heterocycles. The Morgan fingerprint density at radius 3 is 2.21 bits per heavy atom. The van der Waals surface area contributed by atoms with Gasteiger partial charge in [-0.1, -0.05) is 60.7 Å². The Morgan fingerprint density at radius 1 is 1.04 bits per heavy atom. The first-order valence-corrected chi connectivity index (χ1v) is 8.10. The molecule has 0 aliphatic carbocycles. The fourth-order valence-corrected chi connectivity index (χ4v) is 2.67. The van der Waals surface area contributed by atoms with Gasteiger partial charge in [0.15, 0.2) is 6.04 Å². The van der Waals surface area contributed by atoms with Gasteiger partial charge in [0, 0.05) is 12.0 Å². The predicted octanol–water partition coefficient (Wildman–Crippen LogP) is 1.51. The van der Waals surface area contributed by atoms with Crippen LogP contribution in [0, 0.1) is 0 Å². The van der Waals surface area contributed by atoms with Gasteiger partial charge in [0.25, 0.3) is 5.91 Å². The molecule has 5 nitrogen and oxygen atoms in total. The van der Waals surface area contributed by atoms with E-state index in [9.17, 15) is 9.59 Å². The van der Waals surface area contributed by atoms with Crippen molar-refractivity contribution in [3.05, 3.63) is 71.8 Å². The summed E-state index contributed by atoms with van der Waals surface area (Å²) in [5.41, 5.74) is 7.21. The molecule has 0 unspecified atom stereocenters. The highest BCUT2D eigenvalue weighted by atomic mass is 16.2. The summed E-state index contributed by atoms with van der Waals surface area (Å²) in [6.07, 6.45) is 1.87. The number of nitrogens with two attached hydrogens (primary N) is 2. The lowest BCUT2D eigenvalue weighted by Gasteiger charge is -2.19. The summed E-state index contributed by atoms with van der Waals surface area (Å²) in [7, 11) is 0. The van der Waals surface area contributed by atoms with E-state index in [1.165, 1.54) is 5.56 Å². The van der Waals surface area contributed by atoms with Gasteiger partial charge in [-0.05, 0) is 18.9 Å². The van der Waals surface area contributed by atoms with Crippen LogP contribution >= 0.6 is 0 Å². The van der Waals surface area contributed by atoms with Gasteiger partial charge in [0.05, 0.1) is 6.04 Å². The van der Waals surface area contributed by atoms with E-state index in [-0.39, 0.29) is 11.9 Å². The lowest BCUT2D eigenvalue weighted by molar-refractivity contribution is -0.713. The van der Waals surface area contributed by atoms with E-state index in [0.29, 0.717) is 0 Å². The molecule has 5 N–H and O–H groups in total. The second-order valence-corrected chi connectivity index (χ2v) is 5.94. The number of primary amides is 1. The number of urea groups is 1. The Hall–Kier alpha value is -2.66. The second-order valence-electron chi connectivity index (χ2n) is 5.94. The molecule has 0 fully saturated rings. The minimum absolute atomic E-state index is 0.217. The number of hydrogen-bond donors (Lipinski definition) is 3. The van der Waals surface area contributed by atoms with Crippen molar-refractivity contribution in [2.24, 2.45) is 5.73 Å². The van der Waals surface area contributed by atoms with Crippen LogP contribution in [-0.4, -0.2) is 18.0 Å².